The summed E-state index contributed by atoms with van der Waals surface area (Å²) in [6, 6.07) is 22.3. The van der Waals surface area contributed by atoms with Crippen LogP contribution in [0.25, 0.3) is 0 Å². The van der Waals surface area contributed by atoms with E-state index in [9.17, 15) is 4.79 Å². The normalized spacial score (nSPS) is 12.2. The van der Waals surface area contributed by atoms with Crippen LogP contribution in [0.1, 0.15) is 36.6 Å². The summed E-state index contributed by atoms with van der Waals surface area (Å²) in [5, 5.41) is 12.0. The number of carbonyl (C=O) groups is 1. The van der Waals surface area contributed by atoms with Crippen LogP contribution >= 0.6 is 23.2 Å². The molecule has 1 amide bonds. The minimum atomic E-state index is -0.876. The zero-order valence-electron chi connectivity index (χ0n) is 17.7. The molecule has 0 fully saturated rings. The monoisotopic (exact) mass is 470 g/mol. The quantitative estimate of drug-likeness (QED) is 0.208. The largest absolute Gasteiger partial charge is 0.309 e. The molecule has 3 rings (SSSR count). The van der Waals surface area contributed by atoms with Crippen LogP contribution in [-0.2, 0) is 15.2 Å². The summed E-state index contributed by atoms with van der Waals surface area (Å²) in [4.78, 5) is 18.8. The van der Waals surface area contributed by atoms with E-state index in [-0.39, 0.29) is 5.84 Å². The van der Waals surface area contributed by atoms with Crippen LogP contribution in [0.15, 0.2) is 78.9 Å². The molecule has 0 heterocycles. The molecule has 1 unspecified atom stereocenters. The van der Waals surface area contributed by atoms with Crippen LogP contribution in [0.3, 0.4) is 0 Å². The van der Waals surface area contributed by atoms with Crippen LogP contribution in [0.2, 0.25) is 10.0 Å². The minimum Gasteiger partial charge on any atom is -0.309 e. The second kappa shape index (κ2) is 10.7. The lowest BCUT2D eigenvalue weighted by molar-refractivity contribution is -0.132. The molecule has 4 N–H and O–H groups in total. The predicted molar refractivity (Wildman–Crippen MR) is 127 cm³/mol. The third-order valence-corrected chi connectivity index (χ3v) is 5.29. The molecule has 3 aromatic rings. The summed E-state index contributed by atoms with van der Waals surface area (Å²) >= 11 is 12.1. The molecule has 0 radical (unpaired) electrons. The molecule has 8 heteroatoms. The van der Waals surface area contributed by atoms with E-state index in [1.54, 1.807) is 60.7 Å². The van der Waals surface area contributed by atoms with Crippen LogP contribution in [0, 0.1) is 5.41 Å². The third kappa shape index (κ3) is 6.38. The maximum atomic E-state index is 13.0. The van der Waals surface area contributed by atoms with Crippen molar-refractivity contribution in [3.63, 3.8) is 0 Å². The first kappa shape index (κ1) is 23.9. The van der Waals surface area contributed by atoms with Gasteiger partial charge in [-0.15, -0.1) is 5.59 Å². The van der Waals surface area contributed by atoms with E-state index in [2.05, 4.69) is 16.3 Å². The summed E-state index contributed by atoms with van der Waals surface area (Å²) in [5.41, 5.74) is 6.96. The molecule has 0 saturated heterocycles. The standard InChI is InChI=1S/C24H24Cl2N4O2/c1-24(2,18-11-13-19(25)14-12-18)32-30-29-21(17-9-6-10-20(26)15-17)23(31)28-22(27)16-7-4-3-5-8-16/h3-15,21,29-30H,1-2H3,(H2,27,28,31). The highest BCUT2D eigenvalue weighted by Crippen LogP contribution is 2.25. The Kier molecular flexibility index (Phi) is 8.01. The predicted octanol–water partition coefficient (Wildman–Crippen LogP) is 5.14. The molecule has 0 aliphatic heterocycles. The third-order valence-electron chi connectivity index (χ3n) is 4.80. The first-order valence-electron chi connectivity index (χ1n) is 9.91. The molecule has 0 spiro atoms. The van der Waals surface area contributed by atoms with E-state index in [0.29, 0.717) is 21.2 Å². The molecule has 6 nitrogen and oxygen atoms in total. The smallest absolute Gasteiger partial charge is 0.248 e. The maximum Gasteiger partial charge on any atom is 0.248 e. The Morgan fingerprint density at radius 1 is 0.938 bits per heavy atom. The van der Waals surface area contributed by atoms with Gasteiger partial charge in [0.05, 0.1) is 0 Å². The number of hydrogen-bond donors (Lipinski definition) is 4. The van der Waals surface area contributed by atoms with Gasteiger partial charge in [-0.1, -0.05) is 77.8 Å². The fourth-order valence-electron chi connectivity index (χ4n) is 2.98. The molecular formula is C24H24Cl2N4O2. The van der Waals surface area contributed by atoms with Crippen LogP contribution < -0.4 is 16.3 Å². The van der Waals surface area contributed by atoms with Gasteiger partial charge >= 0.3 is 0 Å². The van der Waals surface area contributed by atoms with Gasteiger partial charge in [0, 0.05) is 15.6 Å². The molecule has 32 heavy (non-hydrogen) atoms. The second-order valence-corrected chi connectivity index (χ2v) is 8.46. The van der Waals surface area contributed by atoms with E-state index in [1.807, 2.05) is 32.0 Å². The number of nitrogens with one attached hydrogen (secondary N) is 4. The lowest BCUT2D eigenvalue weighted by Crippen LogP contribution is -2.47. The van der Waals surface area contributed by atoms with Crippen molar-refractivity contribution in [2.45, 2.75) is 25.5 Å². The van der Waals surface area contributed by atoms with Gasteiger partial charge < -0.3 is 5.32 Å². The highest BCUT2D eigenvalue weighted by atomic mass is 35.5. The van der Waals surface area contributed by atoms with Gasteiger partial charge in [-0.05, 0) is 49.2 Å². The number of rotatable bonds is 8. The lowest BCUT2D eigenvalue weighted by atomic mass is 9.99. The summed E-state index contributed by atoms with van der Waals surface area (Å²) in [7, 11) is 0. The van der Waals surface area contributed by atoms with E-state index < -0.39 is 17.6 Å². The second-order valence-electron chi connectivity index (χ2n) is 7.58. The van der Waals surface area contributed by atoms with Crippen molar-refractivity contribution in [2.24, 2.45) is 0 Å². The zero-order chi connectivity index (χ0) is 23.1. The van der Waals surface area contributed by atoms with Crippen molar-refractivity contribution in [1.29, 1.82) is 5.41 Å². The molecule has 0 aromatic heterocycles. The maximum absolute atomic E-state index is 13.0. The van der Waals surface area contributed by atoms with Gasteiger partial charge in [0.25, 0.3) is 0 Å². The average Bonchev–Trinajstić information content (AvgIpc) is 2.77. The van der Waals surface area contributed by atoms with E-state index in [4.69, 9.17) is 33.4 Å². The molecule has 0 saturated carbocycles. The molecule has 166 valence electrons. The number of hydrazine groups is 1. The first-order valence-corrected chi connectivity index (χ1v) is 10.7. The highest BCUT2D eigenvalue weighted by molar-refractivity contribution is 6.30. The van der Waals surface area contributed by atoms with Gasteiger partial charge in [-0.25, -0.2) is 5.43 Å². The zero-order valence-corrected chi connectivity index (χ0v) is 19.2. The van der Waals surface area contributed by atoms with Crippen molar-refractivity contribution in [3.8, 4) is 0 Å². The van der Waals surface area contributed by atoms with Crippen molar-refractivity contribution < 1.29 is 9.63 Å². The number of benzene rings is 3. The van der Waals surface area contributed by atoms with Crippen LogP contribution in [-0.4, -0.2) is 11.7 Å². The van der Waals surface area contributed by atoms with Crippen LogP contribution in [0.5, 0.6) is 0 Å². The molecule has 3 aromatic carbocycles. The van der Waals surface area contributed by atoms with Crippen molar-refractivity contribution >= 4 is 34.9 Å². The van der Waals surface area contributed by atoms with Gasteiger partial charge in [-0.2, -0.15) is 0 Å². The Balaban J connectivity index is 1.72. The molecular weight excluding hydrogens is 447 g/mol. The van der Waals surface area contributed by atoms with Crippen molar-refractivity contribution in [2.75, 3.05) is 0 Å². The fourth-order valence-corrected chi connectivity index (χ4v) is 3.31. The number of amidine groups is 1. The Labute approximate surface area is 197 Å². The fraction of sp³-hybridized carbons (Fsp3) is 0.167. The van der Waals surface area contributed by atoms with Gasteiger partial charge in [0.15, 0.2) is 0 Å². The summed E-state index contributed by atoms with van der Waals surface area (Å²) in [6.07, 6.45) is 0. The van der Waals surface area contributed by atoms with Gasteiger partial charge in [-0.3, -0.25) is 15.0 Å². The van der Waals surface area contributed by atoms with Crippen LogP contribution in [0.4, 0.5) is 0 Å². The van der Waals surface area contributed by atoms with Gasteiger partial charge in [0.2, 0.25) is 5.91 Å². The topological polar surface area (TPSA) is 86.2 Å². The number of carbonyl (C=O) groups excluding carboxylic acids is 1. The van der Waals surface area contributed by atoms with E-state index in [1.165, 1.54) is 0 Å². The highest BCUT2D eigenvalue weighted by Gasteiger charge is 2.25. The van der Waals surface area contributed by atoms with Gasteiger partial charge in [0.1, 0.15) is 17.5 Å². The summed E-state index contributed by atoms with van der Waals surface area (Å²) in [5.74, 6) is -0.451. The number of amides is 1. The Bertz CT molecular complexity index is 1070. The molecule has 0 bridgehead atoms. The van der Waals surface area contributed by atoms with Crippen molar-refractivity contribution in [1.82, 2.24) is 16.3 Å². The number of hydrogen-bond acceptors (Lipinski definition) is 5. The van der Waals surface area contributed by atoms with E-state index >= 15 is 0 Å². The first-order chi connectivity index (χ1) is 15.3. The number of halogens is 2. The average molecular weight is 471 g/mol. The Morgan fingerprint density at radius 2 is 1.62 bits per heavy atom. The molecule has 0 aliphatic carbocycles. The Hall–Kier alpha value is -2.74. The van der Waals surface area contributed by atoms with E-state index in [0.717, 1.165) is 5.56 Å². The summed E-state index contributed by atoms with van der Waals surface area (Å²) < 4.78 is 0. The Morgan fingerprint density at radius 3 is 2.28 bits per heavy atom. The minimum absolute atomic E-state index is 0.00756. The molecule has 1 atom stereocenters. The SMILES string of the molecule is CC(C)(ONNC(C(=O)NC(=N)c1ccccc1)c1cccc(Cl)c1)c1ccc(Cl)cc1. The lowest BCUT2D eigenvalue weighted by Gasteiger charge is -2.27. The summed E-state index contributed by atoms with van der Waals surface area (Å²) in [6.45, 7) is 3.76. The van der Waals surface area contributed by atoms with Crippen molar-refractivity contribution in [3.05, 3.63) is 106 Å². The molecule has 0 aliphatic rings.